The van der Waals surface area contributed by atoms with Gasteiger partial charge in [0, 0.05) is 16.7 Å². The van der Waals surface area contributed by atoms with Crippen molar-refractivity contribution in [2.75, 3.05) is 12.4 Å². The van der Waals surface area contributed by atoms with Crippen LogP contribution >= 0.6 is 0 Å². The minimum absolute atomic E-state index is 0.168. The molecule has 31 heavy (non-hydrogen) atoms. The van der Waals surface area contributed by atoms with Crippen molar-refractivity contribution in [3.63, 3.8) is 0 Å². The van der Waals surface area contributed by atoms with Gasteiger partial charge in [0.1, 0.15) is 23.9 Å². The Bertz CT molecular complexity index is 1300. The van der Waals surface area contributed by atoms with Gasteiger partial charge in [0.25, 0.3) is 0 Å². The fraction of sp³-hybridized carbons (Fsp3) is 0.120. The highest BCUT2D eigenvalue weighted by Gasteiger charge is 2.41. The van der Waals surface area contributed by atoms with E-state index in [-0.39, 0.29) is 12.1 Å². The summed E-state index contributed by atoms with van der Waals surface area (Å²) in [5, 5.41) is 8.07. The summed E-state index contributed by atoms with van der Waals surface area (Å²) in [5.41, 5.74) is 5.18. The molecule has 0 saturated carbocycles. The lowest BCUT2D eigenvalue weighted by Crippen LogP contribution is -2.32. The number of nitrogens with one attached hydrogen (secondary N) is 1. The maximum Gasteiger partial charge on any atom is 0.226 e. The fourth-order valence-electron chi connectivity index (χ4n) is 4.51. The number of hydrogen-bond acceptors (Lipinski definition) is 5. The smallest absolute Gasteiger partial charge is 0.226 e. The summed E-state index contributed by atoms with van der Waals surface area (Å²) in [6.07, 6.45) is 1.23. The maximum atomic E-state index is 6.63. The Balaban J connectivity index is 1.65. The van der Waals surface area contributed by atoms with Gasteiger partial charge in [-0.1, -0.05) is 60.7 Å². The van der Waals surface area contributed by atoms with Crippen molar-refractivity contribution >= 4 is 11.6 Å². The molecule has 0 unspecified atom stereocenters. The highest BCUT2D eigenvalue weighted by molar-refractivity contribution is 5.85. The first-order valence-electron chi connectivity index (χ1n) is 10.2. The Labute approximate surface area is 179 Å². The van der Waals surface area contributed by atoms with Crippen LogP contribution in [0, 0.1) is 0 Å². The third-order valence-corrected chi connectivity index (χ3v) is 5.86. The summed E-state index contributed by atoms with van der Waals surface area (Å²) < 4.78 is 14.3. The van der Waals surface area contributed by atoms with E-state index in [1.165, 1.54) is 0 Å². The van der Waals surface area contributed by atoms with Crippen molar-refractivity contribution in [2.24, 2.45) is 0 Å². The normalized spacial score (nSPS) is 18.9. The van der Waals surface area contributed by atoms with E-state index in [0.717, 1.165) is 39.5 Å². The van der Waals surface area contributed by atoms with Crippen molar-refractivity contribution in [3.05, 3.63) is 107 Å². The Morgan fingerprint density at radius 3 is 2.58 bits per heavy atom. The van der Waals surface area contributed by atoms with E-state index in [2.05, 4.69) is 39.7 Å². The molecule has 0 aliphatic carbocycles. The zero-order valence-corrected chi connectivity index (χ0v) is 16.9. The summed E-state index contributed by atoms with van der Waals surface area (Å²) in [6, 6.07) is 26.3. The molecule has 1 aromatic heterocycles. The molecule has 6 heteroatoms. The second-order valence-corrected chi connectivity index (χ2v) is 7.53. The molecular weight excluding hydrogens is 388 g/mol. The number of aromatic nitrogens is 3. The second-order valence-electron chi connectivity index (χ2n) is 7.53. The largest absolute Gasteiger partial charge is 0.496 e. The van der Waals surface area contributed by atoms with E-state index < -0.39 is 0 Å². The van der Waals surface area contributed by atoms with Crippen LogP contribution in [0.15, 0.2) is 90.8 Å². The van der Waals surface area contributed by atoms with Crippen molar-refractivity contribution in [2.45, 2.75) is 12.1 Å². The molecule has 0 amide bonds. The molecule has 2 aliphatic rings. The van der Waals surface area contributed by atoms with E-state index >= 15 is 0 Å². The van der Waals surface area contributed by atoms with E-state index in [0.29, 0.717) is 5.95 Å². The van der Waals surface area contributed by atoms with Crippen molar-refractivity contribution in [1.29, 1.82) is 0 Å². The maximum absolute atomic E-state index is 6.63. The van der Waals surface area contributed by atoms with Crippen LogP contribution in [-0.4, -0.2) is 21.9 Å². The van der Waals surface area contributed by atoms with Crippen LogP contribution in [0.1, 0.15) is 28.8 Å². The van der Waals surface area contributed by atoms with E-state index in [1.807, 2.05) is 59.3 Å². The Hall–Kier alpha value is -4.06. The molecule has 0 bridgehead atoms. The summed E-state index contributed by atoms with van der Waals surface area (Å²) in [5.74, 6) is 2.32. The lowest BCUT2D eigenvalue weighted by Gasteiger charge is -2.39. The number of ether oxygens (including phenoxy) is 2. The lowest BCUT2D eigenvalue weighted by atomic mass is 9.84. The molecule has 3 aromatic carbocycles. The monoisotopic (exact) mass is 408 g/mol. The molecule has 4 aromatic rings. The molecule has 6 nitrogen and oxygen atoms in total. The summed E-state index contributed by atoms with van der Waals surface area (Å²) in [7, 11) is 1.69. The first-order valence-corrected chi connectivity index (χ1v) is 10.2. The molecule has 0 spiro atoms. The number of methoxy groups -OCH3 is 1. The molecule has 152 valence electrons. The summed E-state index contributed by atoms with van der Waals surface area (Å²) in [6.45, 7) is 0. The number of fused-ring (bicyclic) bond motifs is 3. The first-order chi connectivity index (χ1) is 15.3. The average Bonchev–Trinajstić information content (AvgIpc) is 3.31. The minimum Gasteiger partial charge on any atom is -0.496 e. The quantitative estimate of drug-likeness (QED) is 0.525. The highest BCUT2D eigenvalue weighted by atomic mass is 16.5. The first kappa shape index (κ1) is 17.8. The number of para-hydroxylation sites is 2. The standard InChI is InChI=1S/C25H20N4O2/c1-30-19-13-7-6-12-18(19)24-21-22(17-11-5-8-14-20(17)31-24)28-25-26-15-27-29(25)23(21)16-9-3-2-4-10-16/h2-15,23-24H,1H3,(H,26,27,28)/t23-,24-/m0/s1. The molecule has 3 heterocycles. The van der Waals surface area contributed by atoms with Gasteiger partial charge in [0.2, 0.25) is 5.95 Å². The number of nitrogens with zero attached hydrogens (tertiary/aromatic N) is 3. The topological polar surface area (TPSA) is 61.2 Å². The van der Waals surface area contributed by atoms with Crippen molar-refractivity contribution < 1.29 is 9.47 Å². The van der Waals surface area contributed by atoms with Gasteiger partial charge in [-0.2, -0.15) is 10.1 Å². The Kier molecular flexibility index (Phi) is 4.02. The highest BCUT2D eigenvalue weighted by Crippen LogP contribution is 2.51. The van der Waals surface area contributed by atoms with Crippen LogP contribution in [0.2, 0.25) is 0 Å². The minimum atomic E-state index is -0.351. The average molecular weight is 408 g/mol. The zero-order valence-electron chi connectivity index (χ0n) is 16.9. The number of benzene rings is 3. The molecular formula is C25H20N4O2. The van der Waals surface area contributed by atoms with Crippen LogP contribution < -0.4 is 14.8 Å². The van der Waals surface area contributed by atoms with Crippen LogP contribution in [0.3, 0.4) is 0 Å². The van der Waals surface area contributed by atoms with Crippen LogP contribution in [-0.2, 0) is 0 Å². The van der Waals surface area contributed by atoms with E-state index in [9.17, 15) is 0 Å². The molecule has 1 N–H and O–H groups in total. The Morgan fingerprint density at radius 2 is 1.71 bits per heavy atom. The summed E-state index contributed by atoms with van der Waals surface area (Å²) in [4.78, 5) is 4.47. The predicted octanol–water partition coefficient (Wildman–Crippen LogP) is 4.85. The molecule has 0 saturated heterocycles. The number of anilines is 1. The Morgan fingerprint density at radius 1 is 0.935 bits per heavy atom. The number of rotatable bonds is 3. The molecule has 2 atom stereocenters. The van der Waals surface area contributed by atoms with Crippen LogP contribution in [0.5, 0.6) is 11.5 Å². The van der Waals surface area contributed by atoms with Crippen LogP contribution in [0.25, 0.3) is 5.70 Å². The lowest BCUT2D eigenvalue weighted by molar-refractivity contribution is 0.217. The third-order valence-electron chi connectivity index (χ3n) is 5.86. The predicted molar refractivity (Wildman–Crippen MR) is 118 cm³/mol. The molecule has 6 rings (SSSR count). The van der Waals surface area contributed by atoms with E-state index in [1.54, 1.807) is 13.4 Å². The van der Waals surface area contributed by atoms with Gasteiger partial charge >= 0.3 is 0 Å². The van der Waals surface area contributed by atoms with E-state index in [4.69, 9.17) is 9.47 Å². The molecule has 0 fully saturated rings. The molecule has 2 aliphatic heterocycles. The van der Waals surface area contributed by atoms with Crippen molar-refractivity contribution in [3.8, 4) is 11.5 Å². The van der Waals surface area contributed by atoms with Crippen molar-refractivity contribution in [1.82, 2.24) is 14.8 Å². The van der Waals surface area contributed by atoms with Gasteiger partial charge in [-0.3, -0.25) is 0 Å². The van der Waals surface area contributed by atoms with Gasteiger partial charge in [-0.25, -0.2) is 4.68 Å². The third kappa shape index (κ3) is 2.72. The second kappa shape index (κ2) is 7.02. The van der Waals surface area contributed by atoms with Gasteiger partial charge in [0.15, 0.2) is 6.10 Å². The van der Waals surface area contributed by atoms with Gasteiger partial charge in [-0.05, 0) is 23.8 Å². The van der Waals surface area contributed by atoms with Gasteiger partial charge in [-0.15, -0.1) is 0 Å². The number of hydrogen-bond donors (Lipinski definition) is 1. The summed E-state index contributed by atoms with van der Waals surface area (Å²) >= 11 is 0. The SMILES string of the molecule is COc1ccccc1[C@@H]1Oc2ccccc2C2=C1[C@H](c1ccccc1)n1ncnc1N2. The molecule has 0 radical (unpaired) electrons. The fourth-order valence-corrected chi connectivity index (χ4v) is 4.51. The zero-order chi connectivity index (χ0) is 20.8. The van der Waals surface area contributed by atoms with Gasteiger partial charge < -0.3 is 14.8 Å². The van der Waals surface area contributed by atoms with Crippen LogP contribution in [0.4, 0.5) is 5.95 Å². The van der Waals surface area contributed by atoms with Gasteiger partial charge in [0.05, 0.1) is 12.8 Å².